The van der Waals surface area contributed by atoms with Crippen LogP contribution in [0.3, 0.4) is 0 Å². The van der Waals surface area contributed by atoms with Crippen molar-refractivity contribution in [3.05, 3.63) is 62.6 Å². The number of halogens is 3. The molecule has 1 atom stereocenters. The van der Waals surface area contributed by atoms with Gasteiger partial charge in [-0.3, -0.25) is 0 Å². The van der Waals surface area contributed by atoms with Gasteiger partial charge in [0.05, 0.1) is 11.4 Å². The summed E-state index contributed by atoms with van der Waals surface area (Å²) in [6.07, 6.45) is 0. The van der Waals surface area contributed by atoms with E-state index in [1.54, 1.807) is 0 Å². The highest BCUT2D eigenvalue weighted by molar-refractivity contribution is 9.10. The molecule has 0 aromatic heterocycles. The molecule has 0 fully saturated rings. The van der Waals surface area contributed by atoms with E-state index in [2.05, 4.69) is 44.0 Å². The normalized spacial score (nSPS) is 12.2. The van der Waals surface area contributed by atoms with Crippen molar-refractivity contribution in [2.45, 2.75) is 18.7 Å². The smallest absolute Gasteiger partial charge is 0.124 e. The third-order valence-corrected chi connectivity index (χ3v) is 4.96. The number of aryl methyl sites for hydroxylation is 1. The lowest BCUT2D eigenvalue weighted by atomic mass is 10.0. The maximum atomic E-state index is 6.09. The van der Waals surface area contributed by atoms with Crippen molar-refractivity contribution in [1.29, 1.82) is 0 Å². The Hall–Kier alpha value is -0.510. The lowest BCUT2D eigenvalue weighted by Gasteiger charge is -2.17. The summed E-state index contributed by atoms with van der Waals surface area (Å²) in [5.74, 6) is 0.894. The van der Waals surface area contributed by atoms with Gasteiger partial charge in [0, 0.05) is 15.1 Å². The number of alkyl halides is 1. The van der Waals surface area contributed by atoms with E-state index in [4.69, 9.17) is 16.3 Å². The van der Waals surface area contributed by atoms with Crippen LogP contribution in [-0.2, 0) is 0 Å². The molecule has 0 aliphatic rings. The van der Waals surface area contributed by atoms with Crippen molar-refractivity contribution in [2.75, 3.05) is 6.61 Å². The SMILES string of the molecule is CCOc1ccc(Br)cc1C(Br)c1ccc(Cl)c(C)c1. The van der Waals surface area contributed by atoms with E-state index >= 15 is 0 Å². The average molecular weight is 419 g/mol. The van der Waals surface area contributed by atoms with E-state index in [1.807, 2.05) is 38.1 Å². The van der Waals surface area contributed by atoms with Crippen LogP contribution in [0, 0.1) is 6.92 Å². The van der Waals surface area contributed by atoms with Gasteiger partial charge in [-0.1, -0.05) is 55.6 Å². The van der Waals surface area contributed by atoms with Crippen LogP contribution < -0.4 is 4.74 Å². The van der Waals surface area contributed by atoms with E-state index in [0.29, 0.717) is 6.61 Å². The molecule has 0 spiro atoms. The van der Waals surface area contributed by atoms with Crippen LogP contribution in [0.5, 0.6) is 5.75 Å². The third kappa shape index (κ3) is 3.57. The van der Waals surface area contributed by atoms with Crippen LogP contribution >= 0.6 is 43.5 Å². The fourth-order valence-electron chi connectivity index (χ4n) is 2.01. The van der Waals surface area contributed by atoms with Crippen molar-refractivity contribution in [3.8, 4) is 5.75 Å². The molecule has 0 bridgehead atoms. The first-order valence-corrected chi connectivity index (χ1v) is 8.44. The molecule has 0 radical (unpaired) electrons. The maximum Gasteiger partial charge on any atom is 0.124 e. The van der Waals surface area contributed by atoms with Crippen LogP contribution in [0.2, 0.25) is 5.02 Å². The summed E-state index contributed by atoms with van der Waals surface area (Å²) in [5, 5.41) is 0.785. The second-order valence-electron chi connectivity index (χ2n) is 4.49. The molecule has 0 amide bonds. The van der Waals surface area contributed by atoms with E-state index < -0.39 is 0 Å². The molecule has 0 saturated heterocycles. The number of ether oxygens (including phenoxy) is 1. The molecule has 2 aromatic carbocycles. The van der Waals surface area contributed by atoms with Gasteiger partial charge in [-0.05, 0) is 49.2 Å². The third-order valence-electron chi connectivity index (χ3n) is 3.02. The van der Waals surface area contributed by atoms with Crippen LogP contribution in [0.25, 0.3) is 0 Å². The standard InChI is InChI=1S/C16H15Br2ClO/c1-3-20-15-7-5-12(17)9-13(15)16(18)11-4-6-14(19)10(2)8-11/h4-9,16H,3H2,1-2H3. The number of rotatable bonds is 4. The zero-order chi connectivity index (χ0) is 14.7. The quantitative estimate of drug-likeness (QED) is 0.530. The highest BCUT2D eigenvalue weighted by atomic mass is 79.9. The molecule has 0 heterocycles. The minimum absolute atomic E-state index is 0.0671. The molecular weight excluding hydrogens is 403 g/mol. The number of benzene rings is 2. The summed E-state index contributed by atoms with van der Waals surface area (Å²) >= 11 is 13.4. The summed E-state index contributed by atoms with van der Waals surface area (Å²) in [7, 11) is 0. The first-order valence-electron chi connectivity index (χ1n) is 6.35. The fourth-order valence-corrected chi connectivity index (χ4v) is 3.15. The van der Waals surface area contributed by atoms with Gasteiger partial charge < -0.3 is 4.74 Å². The Morgan fingerprint density at radius 2 is 1.95 bits per heavy atom. The fraction of sp³-hybridized carbons (Fsp3) is 0.250. The molecule has 1 nitrogen and oxygen atoms in total. The average Bonchev–Trinajstić information content (AvgIpc) is 2.43. The molecule has 2 aromatic rings. The number of hydrogen-bond acceptors (Lipinski definition) is 1. The predicted octanol–water partition coefficient (Wildman–Crippen LogP) is 6.29. The zero-order valence-electron chi connectivity index (χ0n) is 11.3. The Morgan fingerprint density at radius 3 is 2.60 bits per heavy atom. The highest BCUT2D eigenvalue weighted by Crippen LogP contribution is 2.39. The minimum Gasteiger partial charge on any atom is -0.494 e. The van der Waals surface area contributed by atoms with Gasteiger partial charge in [-0.25, -0.2) is 0 Å². The van der Waals surface area contributed by atoms with Crippen molar-refractivity contribution >= 4 is 43.5 Å². The van der Waals surface area contributed by atoms with Crippen molar-refractivity contribution in [3.63, 3.8) is 0 Å². The lowest BCUT2D eigenvalue weighted by Crippen LogP contribution is -2.00. The first-order chi connectivity index (χ1) is 9.52. The van der Waals surface area contributed by atoms with Gasteiger partial charge >= 0.3 is 0 Å². The Kier molecular flexibility index (Phi) is 5.53. The molecule has 0 saturated carbocycles. The minimum atomic E-state index is 0.0671. The monoisotopic (exact) mass is 416 g/mol. The summed E-state index contributed by atoms with van der Waals surface area (Å²) in [5.41, 5.74) is 3.33. The number of hydrogen-bond donors (Lipinski definition) is 0. The van der Waals surface area contributed by atoms with Crippen LogP contribution in [0.1, 0.15) is 28.4 Å². The molecule has 0 aliphatic carbocycles. The van der Waals surface area contributed by atoms with Crippen molar-refractivity contribution in [2.24, 2.45) is 0 Å². The Balaban J connectivity index is 2.43. The first kappa shape index (κ1) is 15.9. The lowest BCUT2D eigenvalue weighted by molar-refractivity contribution is 0.337. The largest absolute Gasteiger partial charge is 0.494 e. The van der Waals surface area contributed by atoms with Gasteiger partial charge in [-0.2, -0.15) is 0 Å². The molecule has 106 valence electrons. The van der Waals surface area contributed by atoms with Crippen LogP contribution in [0.4, 0.5) is 0 Å². The highest BCUT2D eigenvalue weighted by Gasteiger charge is 2.16. The van der Waals surface area contributed by atoms with Gasteiger partial charge in [-0.15, -0.1) is 0 Å². The molecule has 0 N–H and O–H groups in total. The molecule has 1 unspecified atom stereocenters. The predicted molar refractivity (Wildman–Crippen MR) is 92.3 cm³/mol. The summed E-state index contributed by atoms with van der Waals surface area (Å²) in [6, 6.07) is 12.1. The van der Waals surface area contributed by atoms with Gasteiger partial charge in [0.1, 0.15) is 5.75 Å². The Bertz CT molecular complexity index is 613. The summed E-state index contributed by atoms with van der Waals surface area (Å²) in [6.45, 7) is 4.64. The topological polar surface area (TPSA) is 9.23 Å². The van der Waals surface area contributed by atoms with Crippen LogP contribution in [-0.4, -0.2) is 6.61 Å². The van der Waals surface area contributed by atoms with Crippen LogP contribution in [0.15, 0.2) is 40.9 Å². The Labute approximate surface area is 141 Å². The van der Waals surface area contributed by atoms with Crippen molar-refractivity contribution in [1.82, 2.24) is 0 Å². The van der Waals surface area contributed by atoms with E-state index in [0.717, 1.165) is 31.9 Å². The van der Waals surface area contributed by atoms with Gasteiger partial charge in [0.25, 0.3) is 0 Å². The summed E-state index contributed by atoms with van der Waals surface area (Å²) < 4.78 is 6.75. The van der Waals surface area contributed by atoms with Gasteiger partial charge in [0.2, 0.25) is 0 Å². The Morgan fingerprint density at radius 1 is 1.20 bits per heavy atom. The van der Waals surface area contributed by atoms with E-state index in [9.17, 15) is 0 Å². The molecule has 2 rings (SSSR count). The molecule has 20 heavy (non-hydrogen) atoms. The van der Waals surface area contributed by atoms with Crippen molar-refractivity contribution < 1.29 is 4.74 Å². The molecule has 0 aliphatic heterocycles. The van der Waals surface area contributed by atoms with E-state index in [1.165, 1.54) is 0 Å². The van der Waals surface area contributed by atoms with Gasteiger partial charge in [0.15, 0.2) is 0 Å². The molecular formula is C16H15Br2ClO. The summed E-state index contributed by atoms with van der Waals surface area (Å²) in [4.78, 5) is 0.0671. The van der Waals surface area contributed by atoms with E-state index in [-0.39, 0.29) is 4.83 Å². The maximum absolute atomic E-state index is 6.09. The molecule has 4 heteroatoms. The second kappa shape index (κ2) is 6.97. The zero-order valence-corrected chi connectivity index (χ0v) is 15.2. The second-order valence-corrected chi connectivity index (χ2v) is 6.72.